The van der Waals surface area contributed by atoms with Gasteiger partial charge in [0.15, 0.2) is 19.7 Å². The summed E-state index contributed by atoms with van der Waals surface area (Å²) < 4.78 is 45.9. The maximum absolute atomic E-state index is 11.8. The highest BCUT2D eigenvalue weighted by molar-refractivity contribution is 7.91. The van der Waals surface area contributed by atoms with Crippen LogP contribution in [0.3, 0.4) is 0 Å². The van der Waals surface area contributed by atoms with Crippen LogP contribution in [0, 0.1) is 0 Å². The zero-order valence-electron chi connectivity index (χ0n) is 9.67. The van der Waals surface area contributed by atoms with Crippen molar-refractivity contribution in [2.75, 3.05) is 25.6 Å². The number of nitrogens with one attached hydrogen (secondary N) is 1. The molecule has 0 atom stereocenters. The van der Waals surface area contributed by atoms with Gasteiger partial charge in [0.2, 0.25) is 0 Å². The predicted molar refractivity (Wildman–Crippen MR) is 65.5 cm³/mol. The first-order chi connectivity index (χ1) is 7.77. The van der Waals surface area contributed by atoms with Crippen LogP contribution in [0.25, 0.3) is 0 Å². The van der Waals surface area contributed by atoms with Gasteiger partial charge in [0.05, 0.1) is 15.5 Å². The molecule has 5 nitrogen and oxygen atoms in total. The lowest BCUT2D eigenvalue weighted by Crippen LogP contribution is -2.19. The van der Waals surface area contributed by atoms with Crippen LogP contribution in [0.5, 0.6) is 0 Å². The van der Waals surface area contributed by atoms with E-state index in [1.54, 1.807) is 7.05 Å². The first-order valence-electron chi connectivity index (χ1n) is 4.95. The first kappa shape index (κ1) is 14.1. The summed E-state index contributed by atoms with van der Waals surface area (Å²) in [4.78, 5) is 0.255. The molecule has 0 unspecified atom stereocenters. The Labute approximate surface area is 102 Å². The summed E-state index contributed by atoms with van der Waals surface area (Å²) in [5.74, 6) is -0.0122. The normalized spacial score (nSPS) is 12.6. The molecule has 0 fully saturated rings. The van der Waals surface area contributed by atoms with Crippen molar-refractivity contribution in [3.63, 3.8) is 0 Å². The van der Waals surface area contributed by atoms with Crippen LogP contribution in [0.1, 0.15) is 0 Å². The maximum Gasteiger partial charge on any atom is 0.179 e. The molecule has 0 radical (unpaired) electrons. The molecule has 0 aliphatic carbocycles. The van der Waals surface area contributed by atoms with Crippen LogP contribution in [0.2, 0.25) is 0 Å². The van der Waals surface area contributed by atoms with Gasteiger partial charge < -0.3 is 5.32 Å². The molecule has 0 aliphatic heterocycles. The lowest BCUT2D eigenvalue weighted by molar-refractivity contribution is 0.592. The second kappa shape index (κ2) is 5.16. The summed E-state index contributed by atoms with van der Waals surface area (Å²) in [6.07, 6.45) is 1.08. The van der Waals surface area contributed by atoms with E-state index < -0.39 is 19.7 Å². The van der Waals surface area contributed by atoms with Gasteiger partial charge >= 0.3 is 0 Å². The molecule has 1 rings (SSSR count). The Bertz CT molecular complexity index is 573. The van der Waals surface area contributed by atoms with Crippen molar-refractivity contribution in [3.05, 3.63) is 24.3 Å². The van der Waals surface area contributed by atoms with Crippen molar-refractivity contribution in [1.29, 1.82) is 0 Å². The van der Waals surface area contributed by atoms with Gasteiger partial charge in [0.1, 0.15) is 0 Å². The van der Waals surface area contributed by atoms with E-state index in [1.807, 2.05) is 0 Å². The molecule has 1 N–H and O–H groups in total. The molecule has 0 aromatic heterocycles. The van der Waals surface area contributed by atoms with Gasteiger partial charge in [-0.1, -0.05) is 0 Å². The summed E-state index contributed by atoms with van der Waals surface area (Å²) in [5, 5.41) is 2.75. The Hall–Kier alpha value is -0.920. The molecule has 0 saturated heterocycles. The number of hydrogen-bond donors (Lipinski definition) is 1. The third-order valence-electron chi connectivity index (χ3n) is 2.23. The minimum atomic E-state index is -3.34. The average Bonchev–Trinajstić information content (AvgIpc) is 2.25. The highest BCUT2D eigenvalue weighted by Gasteiger charge is 2.15. The van der Waals surface area contributed by atoms with Crippen molar-refractivity contribution in [2.24, 2.45) is 0 Å². The fraction of sp³-hybridized carbons (Fsp3) is 0.400. The Balaban J connectivity index is 3.03. The molecule has 96 valence electrons. The van der Waals surface area contributed by atoms with Crippen LogP contribution in [0.4, 0.5) is 0 Å². The van der Waals surface area contributed by atoms with Crippen molar-refractivity contribution in [2.45, 2.75) is 9.79 Å². The molecule has 1 aromatic carbocycles. The highest BCUT2D eigenvalue weighted by Crippen LogP contribution is 2.15. The van der Waals surface area contributed by atoms with Crippen molar-refractivity contribution in [3.8, 4) is 0 Å². The molecule has 7 heteroatoms. The van der Waals surface area contributed by atoms with Gasteiger partial charge in [-0.2, -0.15) is 0 Å². The Morgan fingerprint density at radius 1 is 1.00 bits per heavy atom. The molecule has 1 aromatic rings. The van der Waals surface area contributed by atoms with Crippen molar-refractivity contribution >= 4 is 19.7 Å². The molecule has 0 aliphatic rings. The van der Waals surface area contributed by atoms with Crippen LogP contribution in [-0.2, 0) is 19.7 Å². The quantitative estimate of drug-likeness (QED) is 0.824. The van der Waals surface area contributed by atoms with Crippen LogP contribution in [0.15, 0.2) is 34.1 Å². The summed E-state index contributed by atoms with van der Waals surface area (Å²) >= 11 is 0. The van der Waals surface area contributed by atoms with E-state index >= 15 is 0 Å². The number of hydrogen-bond acceptors (Lipinski definition) is 5. The van der Waals surface area contributed by atoms with Gasteiger partial charge in [0.25, 0.3) is 0 Å². The molecule has 0 heterocycles. The molecule has 0 spiro atoms. The largest absolute Gasteiger partial charge is 0.319 e. The Morgan fingerprint density at radius 3 is 1.88 bits per heavy atom. The molecule has 0 bridgehead atoms. The van der Waals surface area contributed by atoms with E-state index in [0.717, 1.165) is 6.26 Å². The lowest BCUT2D eigenvalue weighted by atomic mass is 10.4. The second-order valence-electron chi connectivity index (χ2n) is 3.67. The fourth-order valence-electron chi connectivity index (χ4n) is 1.25. The standard InChI is InChI=1S/C10H15NO4S2/c1-11-7-8-17(14,15)10-5-3-9(4-6-10)16(2,12)13/h3-6,11H,7-8H2,1-2H3. The number of rotatable bonds is 5. The molecule has 17 heavy (non-hydrogen) atoms. The highest BCUT2D eigenvalue weighted by atomic mass is 32.2. The minimum Gasteiger partial charge on any atom is -0.319 e. The third kappa shape index (κ3) is 3.79. The summed E-state index contributed by atoms with van der Waals surface area (Å²) in [5.41, 5.74) is 0. The van der Waals surface area contributed by atoms with E-state index in [0.29, 0.717) is 6.54 Å². The monoisotopic (exact) mass is 277 g/mol. The molecule has 0 amide bonds. The van der Waals surface area contributed by atoms with E-state index in [-0.39, 0.29) is 15.5 Å². The molecular weight excluding hydrogens is 262 g/mol. The molecular formula is C10H15NO4S2. The summed E-state index contributed by atoms with van der Waals surface area (Å²) in [7, 11) is -4.96. The zero-order valence-corrected chi connectivity index (χ0v) is 11.3. The van der Waals surface area contributed by atoms with E-state index in [4.69, 9.17) is 0 Å². The SMILES string of the molecule is CNCCS(=O)(=O)c1ccc(S(C)(=O)=O)cc1. The van der Waals surface area contributed by atoms with E-state index in [1.165, 1.54) is 24.3 Å². The number of benzene rings is 1. The lowest BCUT2D eigenvalue weighted by Gasteiger charge is -2.04. The van der Waals surface area contributed by atoms with Crippen molar-refractivity contribution < 1.29 is 16.8 Å². The fourth-order valence-corrected chi connectivity index (χ4v) is 3.14. The zero-order chi connectivity index (χ0) is 13.1. The van der Waals surface area contributed by atoms with E-state index in [2.05, 4.69) is 5.32 Å². The van der Waals surface area contributed by atoms with Gasteiger partial charge in [-0.25, -0.2) is 16.8 Å². The van der Waals surface area contributed by atoms with Crippen LogP contribution < -0.4 is 5.32 Å². The predicted octanol–water partition coefficient (Wildman–Crippen LogP) is 0.0832. The smallest absolute Gasteiger partial charge is 0.179 e. The van der Waals surface area contributed by atoms with Crippen molar-refractivity contribution in [1.82, 2.24) is 5.32 Å². The van der Waals surface area contributed by atoms with Crippen LogP contribution in [-0.4, -0.2) is 42.4 Å². The first-order valence-corrected chi connectivity index (χ1v) is 8.49. The van der Waals surface area contributed by atoms with Crippen LogP contribution >= 0.6 is 0 Å². The van der Waals surface area contributed by atoms with Gasteiger partial charge in [0, 0.05) is 12.8 Å². The van der Waals surface area contributed by atoms with Gasteiger partial charge in [-0.3, -0.25) is 0 Å². The third-order valence-corrected chi connectivity index (χ3v) is 5.09. The van der Waals surface area contributed by atoms with Gasteiger partial charge in [-0.05, 0) is 31.3 Å². The Morgan fingerprint density at radius 2 is 1.47 bits per heavy atom. The van der Waals surface area contributed by atoms with E-state index in [9.17, 15) is 16.8 Å². The minimum absolute atomic E-state index is 0.0122. The average molecular weight is 277 g/mol. The summed E-state index contributed by atoms with van der Waals surface area (Å²) in [6, 6.07) is 5.26. The Kier molecular flexibility index (Phi) is 4.29. The number of sulfone groups is 2. The molecule has 0 saturated carbocycles. The summed E-state index contributed by atoms with van der Waals surface area (Å²) in [6.45, 7) is 0.357. The second-order valence-corrected chi connectivity index (χ2v) is 7.79. The van der Waals surface area contributed by atoms with Gasteiger partial charge in [-0.15, -0.1) is 0 Å². The maximum atomic E-state index is 11.8. The topological polar surface area (TPSA) is 80.3 Å².